The summed E-state index contributed by atoms with van der Waals surface area (Å²) in [6, 6.07) is 17.0. The number of benzene rings is 3. The number of hydrazone groups is 1. The molecule has 0 fully saturated rings. The van der Waals surface area contributed by atoms with Gasteiger partial charge in [-0.1, -0.05) is 47.5 Å². The second kappa shape index (κ2) is 13.1. The molecule has 0 unspecified atom stereocenters. The van der Waals surface area contributed by atoms with E-state index < -0.39 is 11.8 Å². The van der Waals surface area contributed by atoms with E-state index in [1.54, 1.807) is 36.4 Å². The third-order valence-electron chi connectivity index (χ3n) is 4.44. The number of amides is 3. The molecule has 0 heterocycles. The number of carbonyl (C=O) groups is 3. The molecule has 0 aromatic heterocycles. The molecule has 0 bridgehead atoms. The summed E-state index contributed by atoms with van der Waals surface area (Å²) in [6.45, 7) is -0.226. The molecule has 0 saturated carbocycles. The van der Waals surface area contributed by atoms with Crippen LogP contribution < -0.4 is 25.5 Å². The minimum absolute atomic E-state index is 0.116. The van der Waals surface area contributed by atoms with Crippen LogP contribution in [-0.4, -0.2) is 37.7 Å². The van der Waals surface area contributed by atoms with Gasteiger partial charge in [0.25, 0.3) is 5.91 Å². The molecule has 0 atom stereocenters. The number of carbonyl (C=O) groups excluding carboxylic acids is 3. The van der Waals surface area contributed by atoms with Crippen molar-refractivity contribution >= 4 is 81.1 Å². The van der Waals surface area contributed by atoms with Gasteiger partial charge in [-0.25, -0.2) is 5.43 Å². The highest BCUT2D eigenvalue weighted by Gasteiger charge is 2.16. The molecule has 3 N–H and O–H groups in total. The lowest BCUT2D eigenvalue weighted by molar-refractivity contribution is -0.136. The van der Waals surface area contributed by atoms with E-state index in [4.69, 9.17) is 32.7 Å². The van der Waals surface area contributed by atoms with E-state index in [1.807, 2.05) is 40.8 Å². The first-order chi connectivity index (χ1) is 17.3. The lowest BCUT2D eigenvalue weighted by atomic mass is 10.2. The smallest absolute Gasteiger partial charge is 0.329 e. The van der Waals surface area contributed by atoms with Gasteiger partial charge in [-0.05, 0) is 64.6 Å². The summed E-state index contributed by atoms with van der Waals surface area (Å²) in [5.74, 6) is -1.57. The van der Waals surface area contributed by atoms with Crippen molar-refractivity contribution in [2.45, 2.75) is 0 Å². The van der Waals surface area contributed by atoms with Crippen molar-refractivity contribution in [3.05, 3.63) is 79.8 Å². The zero-order chi connectivity index (χ0) is 26.1. The number of ether oxygens (including phenoxy) is 2. The van der Waals surface area contributed by atoms with Gasteiger partial charge in [0.2, 0.25) is 0 Å². The van der Waals surface area contributed by atoms with Gasteiger partial charge in [0.1, 0.15) is 0 Å². The van der Waals surface area contributed by atoms with Gasteiger partial charge < -0.3 is 20.1 Å². The second-order valence-corrected chi connectivity index (χ2v) is 8.94. The van der Waals surface area contributed by atoms with Crippen LogP contribution in [-0.2, 0) is 14.4 Å². The van der Waals surface area contributed by atoms with Gasteiger partial charge >= 0.3 is 11.8 Å². The molecule has 3 aromatic carbocycles. The average molecular weight is 641 g/mol. The van der Waals surface area contributed by atoms with Crippen molar-refractivity contribution in [1.82, 2.24) is 5.43 Å². The summed E-state index contributed by atoms with van der Waals surface area (Å²) in [5.41, 5.74) is 3.54. The first kappa shape index (κ1) is 27.2. The Bertz CT molecular complexity index is 1310. The highest BCUT2D eigenvalue weighted by molar-refractivity contribution is 14.1. The predicted octanol–water partition coefficient (Wildman–Crippen LogP) is 4.71. The zero-order valence-electron chi connectivity index (χ0n) is 18.7. The average Bonchev–Trinajstić information content (AvgIpc) is 2.86. The summed E-state index contributed by atoms with van der Waals surface area (Å²) in [7, 11) is 1.45. The Kier molecular flexibility index (Phi) is 9.91. The van der Waals surface area contributed by atoms with Gasteiger partial charge in [-0.3, -0.25) is 14.4 Å². The fourth-order valence-electron chi connectivity index (χ4n) is 2.81. The first-order valence-electron chi connectivity index (χ1n) is 10.2. The van der Waals surface area contributed by atoms with Gasteiger partial charge in [0, 0.05) is 5.69 Å². The number of anilines is 2. The molecule has 0 aliphatic heterocycles. The Balaban J connectivity index is 1.59. The number of nitrogens with one attached hydrogen (secondary N) is 3. The van der Waals surface area contributed by atoms with Crippen LogP contribution in [0.4, 0.5) is 11.4 Å². The van der Waals surface area contributed by atoms with Gasteiger partial charge in [-0.15, -0.1) is 0 Å². The van der Waals surface area contributed by atoms with Crippen LogP contribution in [0.3, 0.4) is 0 Å². The zero-order valence-corrected chi connectivity index (χ0v) is 22.3. The molecule has 0 saturated heterocycles. The highest BCUT2D eigenvalue weighted by Crippen LogP contribution is 2.33. The Morgan fingerprint density at radius 2 is 1.75 bits per heavy atom. The van der Waals surface area contributed by atoms with E-state index in [0.717, 1.165) is 0 Å². The summed E-state index contributed by atoms with van der Waals surface area (Å²) in [5, 5.41) is 9.25. The normalized spacial score (nSPS) is 10.6. The summed E-state index contributed by atoms with van der Waals surface area (Å²) in [4.78, 5) is 36.3. The van der Waals surface area contributed by atoms with Crippen molar-refractivity contribution < 1.29 is 23.9 Å². The maximum atomic E-state index is 12.2. The lowest BCUT2D eigenvalue weighted by Gasteiger charge is -2.13. The second-order valence-electron chi connectivity index (χ2n) is 6.99. The fraction of sp³-hybridized carbons (Fsp3) is 0.0833. The molecule has 36 heavy (non-hydrogen) atoms. The molecule has 0 spiro atoms. The molecule has 3 aromatic rings. The minimum atomic E-state index is -1.01. The van der Waals surface area contributed by atoms with Crippen LogP contribution >= 0.6 is 45.8 Å². The monoisotopic (exact) mass is 640 g/mol. The van der Waals surface area contributed by atoms with E-state index in [1.165, 1.54) is 19.4 Å². The number of hydrogen-bond acceptors (Lipinski definition) is 6. The topological polar surface area (TPSA) is 118 Å². The molecule has 3 amide bonds. The van der Waals surface area contributed by atoms with Crippen LogP contribution in [0.15, 0.2) is 65.8 Å². The lowest BCUT2D eigenvalue weighted by Crippen LogP contribution is -2.32. The van der Waals surface area contributed by atoms with E-state index in [0.29, 0.717) is 26.3 Å². The molecule has 3 rings (SSSR count). The Labute approximate surface area is 230 Å². The Morgan fingerprint density at radius 3 is 2.47 bits per heavy atom. The summed E-state index contributed by atoms with van der Waals surface area (Å²) < 4.78 is 11.7. The molecule has 0 aliphatic carbocycles. The number of para-hydroxylation sites is 1. The van der Waals surface area contributed by atoms with Crippen molar-refractivity contribution in [2.75, 3.05) is 24.4 Å². The van der Waals surface area contributed by atoms with Crippen LogP contribution in [0.5, 0.6) is 11.5 Å². The van der Waals surface area contributed by atoms with Crippen LogP contribution in [0, 0.1) is 3.57 Å². The van der Waals surface area contributed by atoms with E-state index in [2.05, 4.69) is 21.2 Å². The molecular weight excluding hydrogens is 622 g/mol. The van der Waals surface area contributed by atoms with Crippen molar-refractivity contribution in [3.63, 3.8) is 0 Å². The predicted molar refractivity (Wildman–Crippen MR) is 147 cm³/mol. The summed E-state index contributed by atoms with van der Waals surface area (Å²) >= 11 is 13.9. The van der Waals surface area contributed by atoms with E-state index in [-0.39, 0.29) is 28.2 Å². The number of halogens is 3. The third-order valence-corrected chi connectivity index (χ3v) is 6.06. The number of rotatable bonds is 8. The van der Waals surface area contributed by atoms with E-state index in [9.17, 15) is 14.4 Å². The molecule has 0 radical (unpaired) electrons. The van der Waals surface area contributed by atoms with Gasteiger partial charge in [-0.2, -0.15) is 5.10 Å². The molecular formula is C24H19Cl2IN4O5. The number of hydrogen-bond donors (Lipinski definition) is 3. The first-order valence-corrected chi connectivity index (χ1v) is 12.1. The summed E-state index contributed by atoms with van der Waals surface area (Å²) in [6.07, 6.45) is 1.33. The largest absolute Gasteiger partial charge is 0.493 e. The van der Waals surface area contributed by atoms with Crippen LogP contribution in [0.1, 0.15) is 5.56 Å². The Hall–Kier alpha value is -3.35. The van der Waals surface area contributed by atoms with Crippen molar-refractivity contribution in [3.8, 4) is 11.5 Å². The van der Waals surface area contributed by atoms with Gasteiger partial charge in [0.05, 0.1) is 32.6 Å². The molecule has 0 aliphatic rings. The van der Waals surface area contributed by atoms with Crippen molar-refractivity contribution in [1.29, 1.82) is 0 Å². The standard InChI is InChI=1S/C24H19Cl2IN4O5/c1-35-19-11-14(10-17(27)22(19)36-13-20(32)29-15-6-3-2-4-7-15)12-28-31-24(34)23(33)30-18-9-5-8-16(25)21(18)26/h2-12H,13H2,1H3,(H,29,32)(H,30,33)(H,31,34)/b28-12-. The van der Waals surface area contributed by atoms with E-state index >= 15 is 0 Å². The molecule has 12 heteroatoms. The molecule has 9 nitrogen and oxygen atoms in total. The fourth-order valence-corrected chi connectivity index (χ4v) is 3.94. The number of methoxy groups -OCH3 is 1. The Morgan fingerprint density at radius 1 is 1.00 bits per heavy atom. The highest BCUT2D eigenvalue weighted by atomic mass is 127. The SMILES string of the molecule is COc1cc(/C=N\NC(=O)C(=O)Nc2cccc(Cl)c2Cl)cc(I)c1OCC(=O)Nc1ccccc1. The maximum absolute atomic E-state index is 12.2. The third kappa shape index (κ3) is 7.57. The van der Waals surface area contributed by atoms with Crippen LogP contribution in [0.25, 0.3) is 0 Å². The van der Waals surface area contributed by atoms with Crippen molar-refractivity contribution in [2.24, 2.45) is 5.10 Å². The number of nitrogens with zero attached hydrogens (tertiary/aromatic N) is 1. The quantitative estimate of drug-likeness (QED) is 0.143. The maximum Gasteiger partial charge on any atom is 0.329 e. The van der Waals surface area contributed by atoms with Gasteiger partial charge in [0.15, 0.2) is 18.1 Å². The van der Waals surface area contributed by atoms with Crippen LogP contribution in [0.2, 0.25) is 10.0 Å². The minimum Gasteiger partial charge on any atom is -0.493 e. The molecule has 186 valence electrons.